The number of anilines is 1. The van der Waals surface area contributed by atoms with E-state index in [1.54, 1.807) is 19.1 Å². The molecule has 0 unspecified atom stereocenters. The van der Waals surface area contributed by atoms with E-state index in [9.17, 15) is 14.0 Å². The minimum Gasteiger partial charge on any atom is -0.462 e. The highest BCUT2D eigenvalue weighted by Gasteiger charge is 2.29. The highest BCUT2D eigenvalue weighted by atomic mass is 35.5. The van der Waals surface area contributed by atoms with Crippen molar-refractivity contribution in [2.24, 2.45) is 0 Å². The monoisotopic (exact) mass is 458 g/mol. The number of benzene rings is 1. The van der Waals surface area contributed by atoms with Crippen LogP contribution in [0.5, 0.6) is 0 Å². The van der Waals surface area contributed by atoms with Gasteiger partial charge in [-0.1, -0.05) is 6.92 Å². The summed E-state index contributed by atoms with van der Waals surface area (Å²) in [5.74, 6) is -0.715. The average Bonchev–Trinajstić information content (AvgIpc) is 3.04. The Labute approximate surface area is 184 Å². The third-order valence-corrected chi connectivity index (χ3v) is 6.64. The molecule has 1 aliphatic rings. The Morgan fingerprint density at radius 2 is 2.00 bits per heavy atom. The molecule has 2 heterocycles. The zero-order chi connectivity index (χ0) is 20.1. The summed E-state index contributed by atoms with van der Waals surface area (Å²) in [5, 5.41) is 3.45. The maximum absolute atomic E-state index is 13.0. The van der Waals surface area contributed by atoms with E-state index in [-0.39, 0.29) is 35.9 Å². The highest BCUT2D eigenvalue weighted by Crippen LogP contribution is 2.37. The molecule has 1 aromatic heterocycles. The topological polar surface area (TPSA) is 58.6 Å². The van der Waals surface area contributed by atoms with Crippen LogP contribution in [-0.4, -0.2) is 42.2 Å². The van der Waals surface area contributed by atoms with E-state index in [4.69, 9.17) is 4.74 Å². The molecular weight excluding hydrogens is 435 g/mol. The van der Waals surface area contributed by atoms with Gasteiger partial charge in [0.2, 0.25) is 5.91 Å². The molecule has 29 heavy (non-hydrogen) atoms. The van der Waals surface area contributed by atoms with Gasteiger partial charge < -0.3 is 10.1 Å². The SMILES string of the molecule is CCOC(=O)c1c(NC(=O)CSc2ccc(F)cc2)sc2c1CCN(CC)C2.Cl. The smallest absolute Gasteiger partial charge is 0.341 e. The van der Waals surface area contributed by atoms with Crippen LogP contribution in [0.3, 0.4) is 0 Å². The second-order valence-electron chi connectivity index (χ2n) is 6.34. The lowest BCUT2D eigenvalue weighted by molar-refractivity contribution is -0.113. The molecule has 158 valence electrons. The molecule has 0 fully saturated rings. The number of nitrogens with one attached hydrogen (secondary N) is 1. The summed E-state index contributed by atoms with van der Waals surface area (Å²) < 4.78 is 18.2. The number of hydrogen-bond donors (Lipinski definition) is 1. The number of nitrogens with zero attached hydrogens (tertiary/aromatic N) is 1. The second-order valence-corrected chi connectivity index (χ2v) is 8.49. The maximum Gasteiger partial charge on any atom is 0.341 e. The van der Waals surface area contributed by atoms with E-state index in [1.165, 1.54) is 35.2 Å². The van der Waals surface area contributed by atoms with Gasteiger partial charge in [0.1, 0.15) is 10.8 Å². The maximum atomic E-state index is 13.0. The van der Waals surface area contributed by atoms with Crippen LogP contribution in [0.4, 0.5) is 9.39 Å². The molecule has 0 aliphatic carbocycles. The number of ether oxygens (including phenoxy) is 1. The Morgan fingerprint density at radius 3 is 2.66 bits per heavy atom. The molecule has 0 bridgehead atoms. The molecule has 0 radical (unpaired) electrons. The van der Waals surface area contributed by atoms with E-state index < -0.39 is 0 Å². The number of carbonyl (C=O) groups is 2. The number of esters is 1. The van der Waals surface area contributed by atoms with E-state index in [0.29, 0.717) is 17.2 Å². The molecular formula is C20H24ClFN2O3S2. The number of thioether (sulfide) groups is 1. The van der Waals surface area contributed by atoms with E-state index >= 15 is 0 Å². The number of thiophene rings is 1. The standard InChI is InChI=1S/C20H23FN2O3S2.ClH/c1-3-23-10-9-15-16(11-23)28-19(18(15)20(25)26-4-2)22-17(24)12-27-14-7-5-13(21)6-8-14;/h5-8H,3-4,9-12H2,1-2H3,(H,22,24);1H. The second kappa shape index (κ2) is 11.0. The van der Waals surface area contributed by atoms with Gasteiger partial charge in [-0.15, -0.1) is 35.5 Å². The fraction of sp³-hybridized carbons (Fsp3) is 0.400. The van der Waals surface area contributed by atoms with Crippen molar-refractivity contribution in [1.29, 1.82) is 0 Å². The molecule has 1 aromatic carbocycles. The first kappa shape index (κ1) is 23.7. The van der Waals surface area contributed by atoms with Gasteiger partial charge in [0.25, 0.3) is 0 Å². The zero-order valence-electron chi connectivity index (χ0n) is 16.3. The lowest BCUT2D eigenvalue weighted by Crippen LogP contribution is -2.30. The van der Waals surface area contributed by atoms with Crippen molar-refractivity contribution in [2.45, 2.75) is 31.7 Å². The van der Waals surface area contributed by atoms with Gasteiger partial charge in [-0.3, -0.25) is 9.69 Å². The number of hydrogen-bond acceptors (Lipinski definition) is 6. The Balaban J connectivity index is 0.00000300. The van der Waals surface area contributed by atoms with Gasteiger partial charge in [-0.05, 0) is 49.7 Å². The summed E-state index contributed by atoms with van der Waals surface area (Å²) in [5.41, 5.74) is 1.49. The zero-order valence-corrected chi connectivity index (χ0v) is 18.8. The molecule has 5 nitrogen and oxygen atoms in total. The number of amides is 1. The molecule has 0 atom stereocenters. The first-order valence-electron chi connectivity index (χ1n) is 9.24. The van der Waals surface area contributed by atoms with Crippen molar-refractivity contribution in [3.8, 4) is 0 Å². The Kier molecular flexibility index (Phi) is 8.95. The molecule has 1 amide bonds. The molecule has 0 spiro atoms. The first-order chi connectivity index (χ1) is 13.5. The molecule has 2 aromatic rings. The summed E-state index contributed by atoms with van der Waals surface area (Å²) >= 11 is 2.78. The van der Waals surface area contributed by atoms with Crippen molar-refractivity contribution in [3.05, 3.63) is 46.1 Å². The predicted molar refractivity (Wildman–Crippen MR) is 118 cm³/mol. The van der Waals surface area contributed by atoms with Crippen molar-refractivity contribution in [1.82, 2.24) is 4.90 Å². The largest absolute Gasteiger partial charge is 0.462 e. The van der Waals surface area contributed by atoms with Crippen LogP contribution in [0, 0.1) is 5.82 Å². The van der Waals surface area contributed by atoms with Gasteiger partial charge in [0.15, 0.2) is 0 Å². The van der Waals surface area contributed by atoms with Gasteiger partial charge >= 0.3 is 5.97 Å². The summed E-state index contributed by atoms with van der Waals surface area (Å²) in [6.07, 6.45) is 0.772. The van der Waals surface area contributed by atoms with Gasteiger partial charge in [-0.2, -0.15) is 0 Å². The normalized spacial score (nSPS) is 13.3. The van der Waals surface area contributed by atoms with Crippen LogP contribution >= 0.6 is 35.5 Å². The van der Waals surface area contributed by atoms with Crippen LogP contribution in [-0.2, 0) is 22.5 Å². The number of likely N-dealkylation sites (N-methyl/N-ethyl adjacent to an activating group) is 1. The van der Waals surface area contributed by atoms with Gasteiger partial charge in [-0.25, -0.2) is 9.18 Å². The summed E-state index contributed by atoms with van der Waals surface area (Å²) in [6, 6.07) is 6.01. The average molecular weight is 459 g/mol. The van der Waals surface area contributed by atoms with Crippen LogP contribution in [0.25, 0.3) is 0 Å². The van der Waals surface area contributed by atoms with Crippen LogP contribution in [0.2, 0.25) is 0 Å². The van der Waals surface area contributed by atoms with Crippen molar-refractivity contribution in [2.75, 3.05) is 30.8 Å². The number of rotatable bonds is 7. The molecule has 1 N–H and O–H groups in total. The van der Waals surface area contributed by atoms with E-state index in [0.717, 1.165) is 41.4 Å². The Hall–Kier alpha value is -1.61. The van der Waals surface area contributed by atoms with E-state index in [2.05, 4.69) is 17.1 Å². The number of halogens is 2. The van der Waals surface area contributed by atoms with Crippen molar-refractivity contribution in [3.63, 3.8) is 0 Å². The van der Waals surface area contributed by atoms with Crippen LogP contribution < -0.4 is 5.32 Å². The van der Waals surface area contributed by atoms with E-state index in [1.807, 2.05) is 0 Å². The minimum absolute atomic E-state index is 0. The van der Waals surface area contributed by atoms with Gasteiger partial charge in [0, 0.05) is 22.9 Å². The first-order valence-corrected chi connectivity index (χ1v) is 11.0. The number of fused-ring (bicyclic) bond motifs is 1. The van der Waals surface area contributed by atoms with Gasteiger partial charge in [0.05, 0.1) is 17.9 Å². The van der Waals surface area contributed by atoms with Crippen LogP contribution in [0.15, 0.2) is 29.2 Å². The fourth-order valence-electron chi connectivity index (χ4n) is 3.08. The molecule has 0 saturated heterocycles. The number of carbonyl (C=O) groups excluding carboxylic acids is 2. The minimum atomic E-state index is -0.383. The molecule has 1 aliphatic heterocycles. The van der Waals surface area contributed by atoms with Crippen molar-refractivity contribution < 1.29 is 18.7 Å². The quantitative estimate of drug-likeness (QED) is 0.485. The summed E-state index contributed by atoms with van der Waals surface area (Å²) in [6.45, 7) is 6.79. The predicted octanol–water partition coefficient (Wildman–Crippen LogP) is 4.59. The Bertz CT molecular complexity index is 858. The highest BCUT2D eigenvalue weighted by molar-refractivity contribution is 8.00. The lowest BCUT2D eigenvalue weighted by atomic mass is 10.0. The summed E-state index contributed by atoms with van der Waals surface area (Å²) in [7, 11) is 0. The summed E-state index contributed by atoms with van der Waals surface area (Å²) in [4.78, 5) is 29.2. The Morgan fingerprint density at radius 1 is 1.28 bits per heavy atom. The molecule has 0 saturated carbocycles. The molecule has 9 heteroatoms. The van der Waals surface area contributed by atoms with Crippen molar-refractivity contribution >= 4 is 52.4 Å². The lowest BCUT2D eigenvalue weighted by Gasteiger charge is -2.25. The third kappa shape index (κ3) is 5.94. The fourth-order valence-corrected chi connectivity index (χ4v) is 5.07. The third-order valence-electron chi connectivity index (χ3n) is 4.50. The van der Waals surface area contributed by atoms with Crippen LogP contribution in [0.1, 0.15) is 34.6 Å². The molecule has 3 rings (SSSR count).